The number of hydrogen-bond donors (Lipinski definition) is 0. The molecule has 0 spiro atoms. The van der Waals surface area contributed by atoms with Crippen molar-refractivity contribution in [3.8, 4) is 17.2 Å². The van der Waals surface area contributed by atoms with Gasteiger partial charge >= 0.3 is 5.97 Å². The Kier molecular flexibility index (Phi) is 10.0. The second-order valence-corrected chi connectivity index (χ2v) is 8.94. The minimum Gasteiger partial charge on any atom is -0.494 e. The van der Waals surface area contributed by atoms with Crippen molar-refractivity contribution < 1.29 is 23.4 Å². The topological polar surface area (TPSA) is 44.8 Å². The molecule has 2 atom stereocenters. The fourth-order valence-electron chi connectivity index (χ4n) is 4.68. The third-order valence-corrected chi connectivity index (χ3v) is 6.38. The second-order valence-electron chi connectivity index (χ2n) is 8.94. The zero-order valence-corrected chi connectivity index (χ0v) is 20.0. The Hall–Kier alpha value is -2.56. The van der Waals surface area contributed by atoms with Gasteiger partial charge in [-0.3, -0.25) is 0 Å². The Labute approximate surface area is 197 Å². The van der Waals surface area contributed by atoms with E-state index in [0.29, 0.717) is 19.0 Å². The van der Waals surface area contributed by atoms with E-state index in [1.54, 1.807) is 24.3 Å². The highest BCUT2D eigenvalue weighted by atomic mass is 19.1. The van der Waals surface area contributed by atoms with Gasteiger partial charge in [0.05, 0.1) is 18.8 Å². The molecule has 33 heavy (non-hydrogen) atoms. The number of esters is 1. The Morgan fingerprint density at radius 2 is 1.58 bits per heavy atom. The van der Waals surface area contributed by atoms with Gasteiger partial charge < -0.3 is 14.2 Å². The molecule has 1 saturated carbocycles. The Morgan fingerprint density at radius 3 is 2.24 bits per heavy atom. The van der Waals surface area contributed by atoms with E-state index in [1.807, 2.05) is 6.92 Å². The summed E-state index contributed by atoms with van der Waals surface area (Å²) in [6, 6.07) is 11.1. The summed E-state index contributed by atoms with van der Waals surface area (Å²) in [5.74, 6) is 1.84. The van der Waals surface area contributed by atoms with Gasteiger partial charge in [0.2, 0.25) is 0 Å². The normalized spacial score (nSPS) is 18.0. The van der Waals surface area contributed by atoms with Gasteiger partial charge in [0.1, 0.15) is 11.5 Å². The lowest BCUT2D eigenvalue weighted by Crippen LogP contribution is -2.20. The minimum absolute atomic E-state index is 0.138. The van der Waals surface area contributed by atoms with Crippen molar-refractivity contribution >= 4 is 5.97 Å². The highest BCUT2D eigenvalue weighted by molar-refractivity contribution is 5.91. The first kappa shape index (κ1) is 25.1. The fourth-order valence-corrected chi connectivity index (χ4v) is 4.68. The second kappa shape index (κ2) is 13.2. The van der Waals surface area contributed by atoms with Crippen LogP contribution in [0.5, 0.6) is 17.2 Å². The first-order valence-electron chi connectivity index (χ1n) is 12.5. The molecule has 180 valence electrons. The van der Waals surface area contributed by atoms with E-state index in [-0.39, 0.29) is 11.3 Å². The van der Waals surface area contributed by atoms with E-state index in [2.05, 4.69) is 6.92 Å². The van der Waals surface area contributed by atoms with E-state index in [1.165, 1.54) is 57.1 Å². The summed E-state index contributed by atoms with van der Waals surface area (Å²) in [5, 5.41) is 0. The Bertz CT molecular complexity index is 863. The van der Waals surface area contributed by atoms with E-state index < -0.39 is 11.8 Å². The van der Waals surface area contributed by atoms with Crippen LogP contribution < -0.4 is 14.2 Å². The maximum Gasteiger partial charge on any atom is 0.343 e. The van der Waals surface area contributed by atoms with Gasteiger partial charge in [-0.2, -0.15) is 0 Å². The van der Waals surface area contributed by atoms with Crippen LogP contribution in [0.1, 0.15) is 82.0 Å². The van der Waals surface area contributed by atoms with Gasteiger partial charge in [-0.05, 0) is 73.6 Å². The summed E-state index contributed by atoms with van der Waals surface area (Å²) in [5.41, 5.74) is 0.140. The van der Waals surface area contributed by atoms with Crippen LogP contribution in [0.2, 0.25) is 0 Å². The number of ether oxygens (including phenoxy) is 3. The molecule has 0 aliphatic heterocycles. The molecule has 0 aromatic heterocycles. The Balaban J connectivity index is 1.43. The molecule has 3 rings (SSSR count). The monoisotopic (exact) mass is 456 g/mol. The average molecular weight is 457 g/mol. The van der Waals surface area contributed by atoms with Gasteiger partial charge in [-0.1, -0.05) is 52.4 Å². The zero-order valence-electron chi connectivity index (χ0n) is 20.0. The third-order valence-electron chi connectivity index (χ3n) is 6.38. The summed E-state index contributed by atoms with van der Waals surface area (Å²) >= 11 is 0. The van der Waals surface area contributed by atoms with Gasteiger partial charge in [-0.25, -0.2) is 9.18 Å². The van der Waals surface area contributed by atoms with E-state index in [4.69, 9.17) is 14.2 Å². The van der Waals surface area contributed by atoms with Gasteiger partial charge in [0.15, 0.2) is 11.6 Å². The van der Waals surface area contributed by atoms with Crippen molar-refractivity contribution in [3.05, 3.63) is 53.8 Å². The molecule has 0 saturated heterocycles. The van der Waals surface area contributed by atoms with Crippen molar-refractivity contribution in [2.75, 3.05) is 13.2 Å². The molecule has 2 aromatic carbocycles. The minimum atomic E-state index is -0.612. The predicted octanol–water partition coefficient (Wildman–Crippen LogP) is 7.60. The van der Waals surface area contributed by atoms with E-state index >= 15 is 0 Å². The number of carbonyl (C=O) groups excluding carboxylic acids is 1. The summed E-state index contributed by atoms with van der Waals surface area (Å²) in [6.07, 6.45) is 11.2. The number of halogens is 1. The van der Waals surface area contributed by atoms with E-state index in [9.17, 15) is 9.18 Å². The summed E-state index contributed by atoms with van der Waals surface area (Å²) in [4.78, 5) is 12.3. The molecule has 0 bridgehead atoms. The smallest absolute Gasteiger partial charge is 0.343 e. The predicted molar refractivity (Wildman–Crippen MR) is 129 cm³/mol. The lowest BCUT2D eigenvalue weighted by atomic mass is 9.75. The summed E-state index contributed by atoms with van der Waals surface area (Å²) < 4.78 is 30.7. The quantitative estimate of drug-likeness (QED) is 0.187. The first-order valence-corrected chi connectivity index (χ1v) is 12.5. The van der Waals surface area contributed by atoms with Crippen LogP contribution in [0, 0.1) is 17.7 Å². The maximum atomic E-state index is 14.1. The molecule has 2 unspecified atom stereocenters. The van der Waals surface area contributed by atoms with Gasteiger partial charge in [0, 0.05) is 0 Å². The number of carbonyl (C=O) groups is 1. The van der Waals surface area contributed by atoms with Crippen molar-refractivity contribution in [3.63, 3.8) is 0 Å². The molecule has 4 nitrogen and oxygen atoms in total. The average Bonchev–Trinajstić information content (AvgIpc) is 2.83. The van der Waals surface area contributed by atoms with Crippen molar-refractivity contribution in [1.29, 1.82) is 0 Å². The number of benzene rings is 2. The van der Waals surface area contributed by atoms with Crippen LogP contribution in [0.3, 0.4) is 0 Å². The summed E-state index contributed by atoms with van der Waals surface area (Å²) in [6.45, 7) is 5.35. The molecule has 1 fully saturated rings. The zero-order chi connectivity index (χ0) is 23.5. The van der Waals surface area contributed by atoms with Crippen LogP contribution >= 0.6 is 0 Å². The van der Waals surface area contributed by atoms with E-state index in [0.717, 1.165) is 36.5 Å². The maximum absolute atomic E-state index is 14.1. The molecular formula is C28H37FO4. The molecule has 0 amide bonds. The van der Waals surface area contributed by atoms with Gasteiger partial charge in [0.25, 0.3) is 0 Å². The van der Waals surface area contributed by atoms with Crippen LogP contribution in [-0.4, -0.2) is 19.2 Å². The number of hydrogen-bond acceptors (Lipinski definition) is 4. The van der Waals surface area contributed by atoms with Crippen LogP contribution in [0.25, 0.3) is 0 Å². The molecule has 0 heterocycles. The molecule has 0 radical (unpaired) electrons. The molecule has 0 N–H and O–H groups in total. The fraction of sp³-hybridized carbons (Fsp3) is 0.536. The molecule has 1 aliphatic carbocycles. The van der Waals surface area contributed by atoms with Crippen molar-refractivity contribution in [2.24, 2.45) is 11.8 Å². The molecule has 5 heteroatoms. The number of rotatable bonds is 12. The van der Waals surface area contributed by atoms with Crippen molar-refractivity contribution in [2.45, 2.75) is 71.6 Å². The van der Waals surface area contributed by atoms with Crippen LogP contribution in [0.4, 0.5) is 4.39 Å². The highest BCUT2D eigenvalue weighted by Gasteiger charge is 2.23. The van der Waals surface area contributed by atoms with Crippen LogP contribution in [-0.2, 0) is 0 Å². The molecular weight excluding hydrogens is 419 g/mol. The van der Waals surface area contributed by atoms with Crippen molar-refractivity contribution in [1.82, 2.24) is 0 Å². The van der Waals surface area contributed by atoms with Gasteiger partial charge in [-0.15, -0.1) is 0 Å². The summed E-state index contributed by atoms with van der Waals surface area (Å²) in [7, 11) is 0. The lowest BCUT2D eigenvalue weighted by Gasteiger charge is -2.31. The Morgan fingerprint density at radius 1 is 0.879 bits per heavy atom. The molecule has 2 aromatic rings. The first-order chi connectivity index (χ1) is 16.1. The molecule has 1 aliphatic rings. The largest absolute Gasteiger partial charge is 0.494 e. The van der Waals surface area contributed by atoms with Crippen LogP contribution in [0.15, 0.2) is 42.5 Å². The highest BCUT2D eigenvalue weighted by Crippen LogP contribution is 2.36. The standard InChI is InChI=1S/C28H37FO4/c1-3-8-21-9-5-6-10-22(21)11-7-19-31-24-13-15-25(16-14-24)33-28(30)23-12-17-27(26(29)20-23)32-18-4-2/h12-17,20-22H,3-11,18-19H2,1-2H3. The SMILES string of the molecule is CCCOc1ccc(C(=O)Oc2ccc(OCCCC3CCCCC3CCC)cc2)cc1F. The third kappa shape index (κ3) is 7.76. The lowest BCUT2D eigenvalue weighted by molar-refractivity contribution is 0.0734.